The summed E-state index contributed by atoms with van der Waals surface area (Å²) < 4.78 is 1.98. The molecule has 1 heterocycles. The molecule has 5 rings (SSSR count). The van der Waals surface area contributed by atoms with E-state index in [0.717, 1.165) is 36.8 Å². The van der Waals surface area contributed by atoms with Crippen LogP contribution in [0.3, 0.4) is 0 Å². The fourth-order valence-corrected chi connectivity index (χ4v) is 7.31. The number of hydrogen-bond acceptors (Lipinski definition) is 2. The Kier molecular flexibility index (Phi) is 3.74. The van der Waals surface area contributed by atoms with Gasteiger partial charge in [-0.05, 0) is 93.7 Å². The molecule has 1 amide bonds. The van der Waals surface area contributed by atoms with Gasteiger partial charge in [0.1, 0.15) is 0 Å². The molecule has 4 fully saturated rings. The van der Waals surface area contributed by atoms with Crippen LogP contribution in [0.1, 0.15) is 41.8 Å². The van der Waals surface area contributed by atoms with Gasteiger partial charge in [0.2, 0.25) is 0 Å². The molecule has 0 saturated heterocycles. The van der Waals surface area contributed by atoms with E-state index in [-0.39, 0.29) is 5.91 Å². The summed E-state index contributed by atoms with van der Waals surface area (Å²) in [6.07, 6.45) is 6.88. The van der Waals surface area contributed by atoms with Gasteiger partial charge >= 0.3 is 0 Å². The van der Waals surface area contributed by atoms with Crippen LogP contribution in [0, 0.1) is 23.7 Å². The maximum absolute atomic E-state index is 12.8. The smallest absolute Gasteiger partial charge is 0.264 e. The zero-order valence-corrected chi connectivity index (χ0v) is 16.0. The molecular weight excluding hydrogens is 414 g/mol. The molecule has 2 nitrogen and oxygen atoms in total. The molecule has 0 atom stereocenters. The molecule has 0 unspecified atom stereocenters. The highest BCUT2D eigenvalue weighted by molar-refractivity contribution is 9.13. The molecule has 4 aliphatic carbocycles. The Hall–Kier alpha value is 0.130. The molecule has 5 heteroatoms. The maximum atomic E-state index is 12.8. The van der Waals surface area contributed by atoms with Crippen LogP contribution >= 0.6 is 43.2 Å². The van der Waals surface area contributed by atoms with E-state index in [1.165, 1.54) is 43.4 Å². The third-order valence-electron chi connectivity index (χ3n) is 5.80. The van der Waals surface area contributed by atoms with Crippen molar-refractivity contribution in [2.45, 2.75) is 38.1 Å². The summed E-state index contributed by atoms with van der Waals surface area (Å²) in [5.41, 5.74) is 0. The zero-order chi connectivity index (χ0) is 14.7. The minimum atomic E-state index is 0.198. The minimum Gasteiger partial charge on any atom is -0.337 e. The largest absolute Gasteiger partial charge is 0.337 e. The van der Waals surface area contributed by atoms with Gasteiger partial charge in [-0.3, -0.25) is 4.79 Å². The Labute approximate surface area is 146 Å². The number of rotatable bonds is 2. The summed E-state index contributed by atoms with van der Waals surface area (Å²) in [6.45, 7) is 0. The van der Waals surface area contributed by atoms with Gasteiger partial charge in [-0.2, -0.15) is 0 Å². The van der Waals surface area contributed by atoms with Crippen molar-refractivity contribution >= 4 is 49.1 Å². The number of carbonyl (C=O) groups is 1. The van der Waals surface area contributed by atoms with Gasteiger partial charge < -0.3 is 4.90 Å². The standard InChI is InChI=1S/C16H19Br2NOS/c1-19(16(20)13-7-12(17)15(18)21-13)14-10-3-8-2-9(5-10)6-11(14)4-8/h7-11,14H,2-6H2,1H3. The third-order valence-corrected chi connectivity index (χ3v) is 9.04. The molecule has 4 saturated carbocycles. The summed E-state index contributed by atoms with van der Waals surface area (Å²) in [5, 5.41) is 0. The highest BCUT2D eigenvalue weighted by atomic mass is 79.9. The lowest BCUT2D eigenvalue weighted by atomic mass is 9.54. The molecular formula is C16H19Br2NOS. The third kappa shape index (κ3) is 2.43. The summed E-state index contributed by atoms with van der Waals surface area (Å²) >= 11 is 8.51. The van der Waals surface area contributed by atoms with Gasteiger partial charge in [0.15, 0.2) is 0 Å². The van der Waals surface area contributed by atoms with Gasteiger partial charge in [-0.25, -0.2) is 0 Å². The van der Waals surface area contributed by atoms with E-state index in [1.54, 1.807) is 0 Å². The van der Waals surface area contributed by atoms with E-state index in [1.807, 2.05) is 13.1 Å². The molecule has 0 aliphatic heterocycles. The van der Waals surface area contributed by atoms with Crippen LogP contribution in [0.5, 0.6) is 0 Å². The number of nitrogens with zero attached hydrogens (tertiary/aromatic N) is 1. The van der Waals surface area contributed by atoms with Crippen molar-refractivity contribution in [3.05, 3.63) is 19.2 Å². The van der Waals surface area contributed by atoms with Gasteiger partial charge in [-0.1, -0.05) is 0 Å². The van der Waals surface area contributed by atoms with Crippen molar-refractivity contribution in [2.24, 2.45) is 23.7 Å². The van der Waals surface area contributed by atoms with Crippen molar-refractivity contribution < 1.29 is 4.79 Å². The number of thiophene rings is 1. The zero-order valence-electron chi connectivity index (χ0n) is 12.0. The fraction of sp³-hybridized carbons (Fsp3) is 0.688. The lowest BCUT2D eigenvalue weighted by Gasteiger charge is -2.56. The minimum absolute atomic E-state index is 0.198. The Balaban J connectivity index is 1.57. The van der Waals surface area contributed by atoms with E-state index in [9.17, 15) is 4.79 Å². The van der Waals surface area contributed by atoms with Crippen molar-refractivity contribution in [3.63, 3.8) is 0 Å². The van der Waals surface area contributed by atoms with Gasteiger partial charge in [0.25, 0.3) is 5.91 Å². The average molecular weight is 433 g/mol. The predicted octanol–water partition coefficient (Wildman–Crippen LogP) is 5.17. The predicted molar refractivity (Wildman–Crippen MR) is 92.6 cm³/mol. The monoisotopic (exact) mass is 431 g/mol. The Morgan fingerprint density at radius 1 is 1.14 bits per heavy atom. The quantitative estimate of drug-likeness (QED) is 0.631. The molecule has 0 N–H and O–H groups in total. The Bertz CT molecular complexity index is 537. The maximum Gasteiger partial charge on any atom is 0.264 e. The van der Waals surface area contributed by atoms with E-state index in [4.69, 9.17) is 0 Å². The Morgan fingerprint density at radius 2 is 1.71 bits per heavy atom. The topological polar surface area (TPSA) is 20.3 Å². The lowest BCUT2D eigenvalue weighted by molar-refractivity contribution is -0.0489. The second-order valence-corrected chi connectivity index (χ2v) is 10.3. The molecule has 4 aliphatic rings. The highest BCUT2D eigenvalue weighted by Gasteiger charge is 2.50. The molecule has 0 spiro atoms. The molecule has 0 aromatic carbocycles. The first-order valence-corrected chi connectivity index (χ1v) is 10.1. The van der Waals surface area contributed by atoms with E-state index in [2.05, 4.69) is 36.8 Å². The Morgan fingerprint density at radius 3 is 2.19 bits per heavy atom. The molecule has 1 aromatic heterocycles. The second-order valence-electron chi connectivity index (χ2n) is 7.07. The molecule has 1 aromatic rings. The van der Waals surface area contributed by atoms with Crippen LogP contribution in [0.25, 0.3) is 0 Å². The van der Waals surface area contributed by atoms with E-state index in [0.29, 0.717) is 6.04 Å². The summed E-state index contributed by atoms with van der Waals surface area (Å²) in [4.78, 5) is 15.7. The van der Waals surface area contributed by atoms with Crippen molar-refractivity contribution in [2.75, 3.05) is 7.05 Å². The number of amides is 1. The molecule has 4 bridgehead atoms. The number of hydrogen-bond donors (Lipinski definition) is 0. The van der Waals surface area contributed by atoms with Crippen LogP contribution in [-0.2, 0) is 0 Å². The van der Waals surface area contributed by atoms with Crippen molar-refractivity contribution in [3.8, 4) is 0 Å². The van der Waals surface area contributed by atoms with Crippen LogP contribution < -0.4 is 0 Å². The summed E-state index contributed by atoms with van der Waals surface area (Å²) in [6, 6.07) is 2.42. The highest BCUT2D eigenvalue weighted by Crippen LogP contribution is 2.55. The SMILES string of the molecule is CN(C(=O)c1cc(Br)c(Br)s1)C1C2CC3CC(C2)CC1C3. The number of carbonyl (C=O) groups excluding carboxylic acids is 1. The van der Waals surface area contributed by atoms with Crippen LogP contribution in [0.15, 0.2) is 14.3 Å². The van der Waals surface area contributed by atoms with Crippen LogP contribution in [0.2, 0.25) is 0 Å². The number of halogens is 2. The van der Waals surface area contributed by atoms with E-state index >= 15 is 0 Å². The molecule has 0 radical (unpaired) electrons. The van der Waals surface area contributed by atoms with Crippen molar-refractivity contribution in [1.82, 2.24) is 4.90 Å². The normalized spacial score (nSPS) is 37.0. The average Bonchev–Trinajstić information content (AvgIpc) is 2.76. The second kappa shape index (κ2) is 5.34. The summed E-state index contributed by atoms with van der Waals surface area (Å²) in [7, 11) is 2.02. The summed E-state index contributed by atoms with van der Waals surface area (Å²) in [5.74, 6) is 3.61. The van der Waals surface area contributed by atoms with Crippen molar-refractivity contribution in [1.29, 1.82) is 0 Å². The first-order chi connectivity index (χ1) is 10.0. The van der Waals surface area contributed by atoms with Gasteiger partial charge in [0, 0.05) is 17.6 Å². The lowest BCUT2D eigenvalue weighted by Crippen LogP contribution is -2.56. The molecule has 21 heavy (non-hydrogen) atoms. The first-order valence-electron chi connectivity index (χ1n) is 7.75. The van der Waals surface area contributed by atoms with Gasteiger partial charge in [0.05, 0.1) is 8.66 Å². The van der Waals surface area contributed by atoms with E-state index < -0.39 is 0 Å². The molecule has 114 valence electrons. The van der Waals surface area contributed by atoms with Crippen LogP contribution in [-0.4, -0.2) is 23.9 Å². The first kappa shape index (κ1) is 14.7. The van der Waals surface area contributed by atoms with Crippen LogP contribution in [0.4, 0.5) is 0 Å². The van der Waals surface area contributed by atoms with Gasteiger partial charge in [-0.15, -0.1) is 11.3 Å². The fourth-order valence-electron chi connectivity index (χ4n) is 5.29.